The molecule has 2 N–H and O–H groups in total. The molecule has 29 heavy (non-hydrogen) atoms. The number of esters is 1. The third-order valence-electron chi connectivity index (χ3n) is 4.58. The predicted molar refractivity (Wildman–Crippen MR) is 105 cm³/mol. The van der Waals surface area contributed by atoms with Gasteiger partial charge in [0, 0.05) is 5.69 Å². The maximum absolute atomic E-state index is 12.7. The van der Waals surface area contributed by atoms with Gasteiger partial charge in [0.05, 0.1) is 0 Å². The molecule has 0 aromatic heterocycles. The van der Waals surface area contributed by atoms with Crippen LogP contribution in [0.1, 0.15) is 18.1 Å². The Morgan fingerprint density at radius 2 is 1.83 bits per heavy atom. The van der Waals surface area contributed by atoms with Crippen LogP contribution in [0.2, 0.25) is 0 Å². The van der Waals surface area contributed by atoms with E-state index in [1.165, 1.54) is 0 Å². The van der Waals surface area contributed by atoms with E-state index in [0.29, 0.717) is 11.3 Å². The number of hydrogen-bond acceptors (Lipinski definition) is 5. The molecule has 1 heterocycles. The molecule has 150 valence electrons. The van der Waals surface area contributed by atoms with Crippen molar-refractivity contribution in [3.8, 4) is 0 Å². The van der Waals surface area contributed by atoms with E-state index in [2.05, 4.69) is 10.6 Å². The number of amides is 4. The lowest BCUT2D eigenvalue weighted by Gasteiger charge is -2.21. The summed E-state index contributed by atoms with van der Waals surface area (Å²) in [5, 5.41) is 5.21. The van der Waals surface area contributed by atoms with Crippen LogP contribution in [-0.2, 0) is 24.7 Å². The van der Waals surface area contributed by atoms with E-state index in [1.807, 2.05) is 13.0 Å². The lowest BCUT2D eigenvalue weighted by molar-refractivity contribution is -0.150. The fraction of sp³-hybridized carbons (Fsp3) is 0.238. The van der Waals surface area contributed by atoms with Gasteiger partial charge in [-0.1, -0.05) is 42.5 Å². The molecule has 0 bridgehead atoms. The number of carbonyl (C=O) groups excluding carboxylic acids is 4. The average Bonchev–Trinajstić information content (AvgIpc) is 2.91. The van der Waals surface area contributed by atoms with Crippen LogP contribution in [0, 0.1) is 6.92 Å². The first-order valence-electron chi connectivity index (χ1n) is 9.01. The molecular formula is C21H21N3O5. The van der Waals surface area contributed by atoms with Crippen molar-refractivity contribution >= 4 is 29.5 Å². The lowest BCUT2D eigenvalue weighted by Crippen LogP contribution is -2.41. The monoisotopic (exact) mass is 395 g/mol. The van der Waals surface area contributed by atoms with Gasteiger partial charge in [-0.15, -0.1) is 0 Å². The minimum absolute atomic E-state index is 0.518. The molecule has 8 heteroatoms. The molecule has 0 unspecified atom stereocenters. The number of hydrogen-bond donors (Lipinski definition) is 2. The number of carbonyl (C=O) groups is 4. The van der Waals surface area contributed by atoms with E-state index in [-0.39, 0.29) is 0 Å². The summed E-state index contributed by atoms with van der Waals surface area (Å²) in [6, 6.07) is 15.2. The molecule has 1 fully saturated rings. The largest absolute Gasteiger partial charge is 0.454 e. The number of aryl methyl sites for hydroxylation is 1. The summed E-state index contributed by atoms with van der Waals surface area (Å²) >= 11 is 0. The van der Waals surface area contributed by atoms with E-state index in [4.69, 9.17) is 4.74 Å². The third-order valence-corrected chi connectivity index (χ3v) is 4.58. The Balaban J connectivity index is 1.56. The van der Waals surface area contributed by atoms with Crippen LogP contribution < -0.4 is 10.6 Å². The Bertz CT molecular complexity index is 960. The molecule has 0 aliphatic carbocycles. The van der Waals surface area contributed by atoms with Crippen LogP contribution in [-0.4, -0.2) is 41.9 Å². The molecule has 1 atom stereocenters. The van der Waals surface area contributed by atoms with Crippen molar-refractivity contribution in [1.82, 2.24) is 10.2 Å². The van der Waals surface area contributed by atoms with Gasteiger partial charge in [-0.25, -0.2) is 4.79 Å². The fourth-order valence-corrected chi connectivity index (χ4v) is 3.05. The SMILES string of the molecule is Cc1cccc(NC(=O)COC(=O)CN2C(=O)N[C@](C)(c3ccccc3)C2=O)c1. The smallest absolute Gasteiger partial charge is 0.326 e. The summed E-state index contributed by atoms with van der Waals surface area (Å²) in [6.45, 7) is 2.36. The van der Waals surface area contributed by atoms with Crippen molar-refractivity contribution in [2.75, 3.05) is 18.5 Å². The van der Waals surface area contributed by atoms with Crippen molar-refractivity contribution in [2.24, 2.45) is 0 Å². The second-order valence-corrected chi connectivity index (χ2v) is 6.89. The number of anilines is 1. The average molecular weight is 395 g/mol. The Kier molecular flexibility index (Phi) is 5.63. The minimum atomic E-state index is -1.26. The zero-order chi connectivity index (χ0) is 21.0. The van der Waals surface area contributed by atoms with Crippen molar-refractivity contribution in [2.45, 2.75) is 19.4 Å². The van der Waals surface area contributed by atoms with E-state index in [9.17, 15) is 19.2 Å². The van der Waals surface area contributed by atoms with Gasteiger partial charge in [-0.3, -0.25) is 19.3 Å². The van der Waals surface area contributed by atoms with Crippen molar-refractivity contribution in [3.63, 3.8) is 0 Å². The first-order valence-corrected chi connectivity index (χ1v) is 9.01. The maximum Gasteiger partial charge on any atom is 0.326 e. The summed E-state index contributed by atoms with van der Waals surface area (Å²) in [5.41, 5.74) is 0.895. The quantitative estimate of drug-likeness (QED) is 0.575. The highest BCUT2D eigenvalue weighted by Gasteiger charge is 2.49. The molecule has 2 aromatic rings. The van der Waals surface area contributed by atoms with Gasteiger partial charge < -0.3 is 15.4 Å². The molecule has 1 aliphatic rings. The number of rotatable bonds is 6. The standard InChI is InChI=1S/C21H21N3O5/c1-14-7-6-10-16(11-14)22-17(25)13-29-18(26)12-24-19(27)21(2,23-20(24)28)15-8-4-3-5-9-15/h3-11H,12-13H2,1-2H3,(H,22,25)(H,23,28)/t21-/m1/s1. The molecule has 4 amide bonds. The van der Waals surface area contributed by atoms with Crippen LogP contribution in [0.25, 0.3) is 0 Å². The summed E-state index contributed by atoms with van der Waals surface area (Å²) in [7, 11) is 0. The summed E-state index contributed by atoms with van der Waals surface area (Å²) in [4.78, 5) is 49.8. The zero-order valence-electron chi connectivity index (χ0n) is 16.1. The second kappa shape index (κ2) is 8.14. The molecule has 2 aromatic carbocycles. The van der Waals surface area contributed by atoms with Gasteiger partial charge in [-0.2, -0.15) is 0 Å². The number of nitrogens with one attached hydrogen (secondary N) is 2. The molecule has 8 nitrogen and oxygen atoms in total. The first-order chi connectivity index (χ1) is 13.8. The van der Waals surface area contributed by atoms with E-state index in [0.717, 1.165) is 10.5 Å². The number of nitrogens with zero attached hydrogens (tertiary/aromatic N) is 1. The molecule has 0 radical (unpaired) electrons. The zero-order valence-corrected chi connectivity index (χ0v) is 16.1. The number of imide groups is 1. The Morgan fingerprint density at radius 1 is 1.10 bits per heavy atom. The van der Waals surface area contributed by atoms with Crippen LogP contribution in [0.3, 0.4) is 0 Å². The van der Waals surface area contributed by atoms with Crippen molar-refractivity contribution in [1.29, 1.82) is 0 Å². The molecule has 0 saturated carbocycles. The highest BCUT2D eigenvalue weighted by atomic mass is 16.5. The molecule has 1 aliphatic heterocycles. The van der Waals surface area contributed by atoms with Gasteiger partial charge in [0.1, 0.15) is 12.1 Å². The van der Waals surface area contributed by atoms with Crippen LogP contribution in [0.4, 0.5) is 10.5 Å². The van der Waals surface area contributed by atoms with Crippen molar-refractivity contribution < 1.29 is 23.9 Å². The number of benzene rings is 2. The highest BCUT2D eigenvalue weighted by molar-refractivity contribution is 6.09. The lowest BCUT2D eigenvalue weighted by atomic mass is 9.92. The van der Waals surface area contributed by atoms with Gasteiger partial charge in [-0.05, 0) is 37.1 Å². The summed E-state index contributed by atoms with van der Waals surface area (Å²) in [6.07, 6.45) is 0. The summed E-state index contributed by atoms with van der Waals surface area (Å²) in [5.74, 6) is -1.93. The minimum Gasteiger partial charge on any atom is -0.454 e. The molecule has 1 saturated heterocycles. The van der Waals surface area contributed by atoms with E-state index in [1.54, 1.807) is 55.5 Å². The predicted octanol–water partition coefficient (Wildman–Crippen LogP) is 1.94. The highest BCUT2D eigenvalue weighted by Crippen LogP contribution is 2.28. The van der Waals surface area contributed by atoms with Crippen LogP contribution in [0.5, 0.6) is 0 Å². The van der Waals surface area contributed by atoms with Gasteiger partial charge in [0.2, 0.25) is 0 Å². The van der Waals surface area contributed by atoms with Crippen LogP contribution in [0.15, 0.2) is 54.6 Å². The number of ether oxygens (including phenoxy) is 1. The normalized spacial score (nSPS) is 18.3. The Hall–Kier alpha value is -3.68. The van der Waals surface area contributed by atoms with E-state index >= 15 is 0 Å². The second-order valence-electron chi connectivity index (χ2n) is 6.89. The topological polar surface area (TPSA) is 105 Å². The van der Waals surface area contributed by atoms with Crippen molar-refractivity contribution in [3.05, 3.63) is 65.7 Å². The first kappa shape index (κ1) is 20.1. The fourth-order valence-electron chi connectivity index (χ4n) is 3.05. The third kappa shape index (κ3) is 4.43. The van der Waals surface area contributed by atoms with E-state index < -0.39 is 42.5 Å². The Morgan fingerprint density at radius 3 is 2.52 bits per heavy atom. The summed E-state index contributed by atoms with van der Waals surface area (Å²) < 4.78 is 4.91. The maximum atomic E-state index is 12.7. The van der Waals surface area contributed by atoms with Gasteiger partial charge in [0.25, 0.3) is 11.8 Å². The molecule has 3 rings (SSSR count). The van der Waals surface area contributed by atoms with Crippen LogP contribution >= 0.6 is 0 Å². The van der Waals surface area contributed by atoms with Gasteiger partial charge >= 0.3 is 12.0 Å². The molecular weight excluding hydrogens is 374 g/mol. The van der Waals surface area contributed by atoms with Gasteiger partial charge in [0.15, 0.2) is 6.61 Å². The molecule has 0 spiro atoms. The number of urea groups is 1. The Labute approximate surface area is 167 Å².